The van der Waals surface area contributed by atoms with E-state index in [0.717, 1.165) is 27.9 Å². The number of carbonyl (C=O) groups is 1. The molecular weight excluding hydrogens is 280 g/mol. The van der Waals surface area contributed by atoms with Crippen LogP contribution < -0.4 is 4.74 Å². The van der Waals surface area contributed by atoms with Gasteiger partial charge in [-0.2, -0.15) is 5.10 Å². The van der Waals surface area contributed by atoms with Crippen molar-refractivity contribution in [3.8, 4) is 5.75 Å². The number of rotatable bonds is 4. The van der Waals surface area contributed by atoms with E-state index in [4.69, 9.17) is 9.84 Å². The largest absolute Gasteiger partial charge is 0.497 e. The molecule has 110 valence electrons. The Labute approximate surface area is 126 Å². The summed E-state index contributed by atoms with van der Waals surface area (Å²) in [4.78, 5) is 10.8. The maximum absolute atomic E-state index is 10.8. The summed E-state index contributed by atoms with van der Waals surface area (Å²) in [6.45, 7) is 0. The van der Waals surface area contributed by atoms with E-state index in [2.05, 4.69) is 10.2 Å². The number of nitrogens with one attached hydrogen (secondary N) is 1. The highest BCUT2D eigenvalue weighted by Crippen LogP contribution is 2.22. The van der Waals surface area contributed by atoms with Crippen molar-refractivity contribution in [3.05, 3.63) is 59.3 Å². The summed E-state index contributed by atoms with van der Waals surface area (Å²) in [6.07, 6.45) is 3.78. The zero-order valence-electron chi connectivity index (χ0n) is 11.9. The van der Waals surface area contributed by atoms with E-state index < -0.39 is 5.97 Å². The second kappa shape index (κ2) is 5.73. The Balaban J connectivity index is 1.87. The molecule has 0 saturated heterocycles. The monoisotopic (exact) mass is 294 g/mol. The van der Waals surface area contributed by atoms with E-state index in [0.29, 0.717) is 0 Å². The van der Waals surface area contributed by atoms with E-state index in [-0.39, 0.29) is 5.56 Å². The maximum atomic E-state index is 10.8. The molecule has 2 aromatic carbocycles. The van der Waals surface area contributed by atoms with E-state index in [1.165, 1.54) is 0 Å². The van der Waals surface area contributed by atoms with Gasteiger partial charge in [0.05, 0.1) is 23.9 Å². The number of aromatic amines is 1. The van der Waals surface area contributed by atoms with Crippen LogP contribution in [0.5, 0.6) is 5.75 Å². The molecule has 22 heavy (non-hydrogen) atoms. The molecule has 0 spiro atoms. The van der Waals surface area contributed by atoms with Crippen molar-refractivity contribution in [2.75, 3.05) is 7.11 Å². The lowest BCUT2D eigenvalue weighted by molar-refractivity contribution is 0.0697. The number of benzene rings is 2. The molecule has 0 fully saturated rings. The molecule has 5 heteroatoms. The Kier molecular flexibility index (Phi) is 3.62. The number of ether oxygens (including phenoxy) is 1. The van der Waals surface area contributed by atoms with Crippen LogP contribution in [0.25, 0.3) is 23.1 Å². The maximum Gasteiger partial charge on any atom is 0.335 e. The zero-order valence-corrected chi connectivity index (χ0v) is 11.9. The molecule has 0 amide bonds. The number of hydrogen-bond acceptors (Lipinski definition) is 3. The molecule has 1 aromatic heterocycles. The normalized spacial score (nSPS) is 11.1. The lowest BCUT2D eigenvalue weighted by Crippen LogP contribution is -1.94. The smallest absolute Gasteiger partial charge is 0.335 e. The summed E-state index contributed by atoms with van der Waals surface area (Å²) in [7, 11) is 1.62. The van der Waals surface area contributed by atoms with Crippen molar-refractivity contribution in [1.82, 2.24) is 10.2 Å². The fourth-order valence-corrected chi connectivity index (χ4v) is 2.19. The minimum atomic E-state index is -0.928. The van der Waals surface area contributed by atoms with Gasteiger partial charge < -0.3 is 9.84 Å². The molecule has 0 aliphatic heterocycles. The van der Waals surface area contributed by atoms with Crippen molar-refractivity contribution in [3.63, 3.8) is 0 Å². The van der Waals surface area contributed by atoms with Crippen LogP contribution in [0.4, 0.5) is 0 Å². The number of aromatic carboxylic acids is 1. The molecule has 2 N–H and O–H groups in total. The number of carboxylic acids is 1. The predicted molar refractivity (Wildman–Crippen MR) is 85.0 cm³/mol. The van der Waals surface area contributed by atoms with Crippen molar-refractivity contribution in [1.29, 1.82) is 0 Å². The third kappa shape index (κ3) is 2.69. The fourth-order valence-electron chi connectivity index (χ4n) is 2.19. The highest BCUT2D eigenvalue weighted by Gasteiger charge is 2.04. The SMILES string of the molecule is COc1ccc2c(/C=C/c3ccc(C(=O)O)cc3)n[nH]c2c1. The minimum absolute atomic E-state index is 0.273. The summed E-state index contributed by atoms with van der Waals surface area (Å²) in [5.41, 5.74) is 2.91. The van der Waals surface area contributed by atoms with Crippen LogP contribution in [0.2, 0.25) is 0 Å². The third-order valence-corrected chi connectivity index (χ3v) is 3.39. The van der Waals surface area contributed by atoms with Gasteiger partial charge in [-0.15, -0.1) is 0 Å². The topological polar surface area (TPSA) is 75.2 Å². The summed E-state index contributed by atoms with van der Waals surface area (Å²) in [6, 6.07) is 12.4. The van der Waals surface area contributed by atoms with Crippen molar-refractivity contribution < 1.29 is 14.6 Å². The zero-order chi connectivity index (χ0) is 15.5. The van der Waals surface area contributed by atoms with Crippen LogP contribution in [0, 0.1) is 0 Å². The van der Waals surface area contributed by atoms with E-state index >= 15 is 0 Å². The Morgan fingerprint density at radius 2 is 1.95 bits per heavy atom. The highest BCUT2D eigenvalue weighted by atomic mass is 16.5. The van der Waals surface area contributed by atoms with Crippen LogP contribution >= 0.6 is 0 Å². The van der Waals surface area contributed by atoms with Gasteiger partial charge in [0, 0.05) is 11.5 Å². The second-order valence-electron chi connectivity index (χ2n) is 4.78. The second-order valence-corrected chi connectivity index (χ2v) is 4.78. The van der Waals surface area contributed by atoms with Crippen molar-refractivity contribution in [2.45, 2.75) is 0 Å². The lowest BCUT2D eigenvalue weighted by Gasteiger charge is -1.98. The first-order valence-electron chi connectivity index (χ1n) is 6.71. The van der Waals surface area contributed by atoms with Crippen LogP contribution in [0.15, 0.2) is 42.5 Å². The number of aromatic nitrogens is 2. The van der Waals surface area contributed by atoms with Gasteiger partial charge in [-0.3, -0.25) is 5.10 Å². The van der Waals surface area contributed by atoms with Gasteiger partial charge in [0.1, 0.15) is 5.75 Å². The van der Waals surface area contributed by atoms with Gasteiger partial charge in [-0.1, -0.05) is 18.2 Å². The Morgan fingerprint density at radius 1 is 1.18 bits per heavy atom. The Morgan fingerprint density at radius 3 is 2.64 bits per heavy atom. The summed E-state index contributed by atoms with van der Waals surface area (Å²) in [5.74, 6) is -0.154. The highest BCUT2D eigenvalue weighted by molar-refractivity contribution is 5.91. The summed E-state index contributed by atoms with van der Waals surface area (Å²) in [5, 5.41) is 17.1. The molecule has 3 rings (SSSR count). The lowest BCUT2D eigenvalue weighted by atomic mass is 10.1. The first-order valence-corrected chi connectivity index (χ1v) is 6.71. The van der Waals surface area contributed by atoms with E-state index in [1.54, 1.807) is 31.4 Å². The Bertz CT molecular complexity index is 848. The van der Waals surface area contributed by atoms with Crippen LogP contribution in [0.3, 0.4) is 0 Å². The third-order valence-electron chi connectivity index (χ3n) is 3.39. The van der Waals surface area contributed by atoms with Crippen LogP contribution in [-0.4, -0.2) is 28.4 Å². The molecule has 3 aromatic rings. The van der Waals surface area contributed by atoms with Gasteiger partial charge in [0.25, 0.3) is 0 Å². The number of fused-ring (bicyclic) bond motifs is 1. The van der Waals surface area contributed by atoms with E-state index in [9.17, 15) is 4.79 Å². The molecule has 0 saturated carbocycles. The molecule has 0 unspecified atom stereocenters. The number of nitrogens with zero attached hydrogens (tertiary/aromatic N) is 1. The van der Waals surface area contributed by atoms with Crippen LogP contribution in [0.1, 0.15) is 21.6 Å². The quantitative estimate of drug-likeness (QED) is 0.773. The molecule has 5 nitrogen and oxygen atoms in total. The van der Waals surface area contributed by atoms with Gasteiger partial charge in [0.15, 0.2) is 0 Å². The van der Waals surface area contributed by atoms with Crippen molar-refractivity contribution >= 4 is 29.0 Å². The van der Waals surface area contributed by atoms with Crippen molar-refractivity contribution in [2.24, 2.45) is 0 Å². The van der Waals surface area contributed by atoms with E-state index in [1.807, 2.05) is 30.4 Å². The molecule has 0 aliphatic rings. The van der Waals surface area contributed by atoms with Gasteiger partial charge in [-0.25, -0.2) is 4.79 Å². The molecular formula is C17H14N2O3. The average molecular weight is 294 g/mol. The standard InChI is InChI=1S/C17H14N2O3/c1-22-13-7-8-14-15(18-19-16(14)10-13)9-4-11-2-5-12(6-3-11)17(20)21/h2-10H,1H3,(H,18,19)(H,20,21)/b9-4+. The number of H-pyrrole nitrogens is 1. The molecule has 1 heterocycles. The minimum Gasteiger partial charge on any atom is -0.497 e. The first-order chi connectivity index (χ1) is 10.7. The number of hydrogen-bond donors (Lipinski definition) is 2. The van der Waals surface area contributed by atoms with Gasteiger partial charge >= 0.3 is 5.97 Å². The molecule has 0 bridgehead atoms. The number of carboxylic acid groups (broad SMARTS) is 1. The number of methoxy groups -OCH3 is 1. The predicted octanol–water partition coefficient (Wildman–Crippen LogP) is 3.44. The Hall–Kier alpha value is -3.08. The van der Waals surface area contributed by atoms with Gasteiger partial charge in [-0.05, 0) is 35.9 Å². The molecule has 0 radical (unpaired) electrons. The summed E-state index contributed by atoms with van der Waals surface area (Å²) >= 11 is 0. The fraction of sp³-hybridized carbons (Fsp3) is 0.0588. The summed E-state index contributed by atoms with van der Waals surface area (Å²) < 4.78 is 5.18. The van der Waals surface area contributed by atoms with Gasteiger partial charge in [0.2, 0.25) is 0 Å². The van der Waals surface area contributed by atoms with Crippen LogP contribution in [-0.2, 0) is 0 Å². The average Bonchev–Trinajstić information content (AvgIpc) is 2.95. The molecule has 0 atom stereocenters. The first kappa shape index (κ1) is 13.9. The molecule has 0 aliphatic carbocycles.